The van der Waals surface area contributed by atoms with Crippen LogP contribution in [-0.2, 0) is 5.41 Å². The Hall–Kier alpha value is -1.77. The second-order valence-electron chi connectivity index (χ2n) is 5.44. The Morgan fingerprint density at radius 1 is 1.22 bits per heavy atom. The molecule has 0 radical (unpaired) electrons. The molecule has 1 aromatic carbocycles. The monoisotopic (exact) mass is 245 g/mol. The van der Waals surface area contributed by atoms with Crippen molar-refractivity contribution in [3.8, 4) is 17.2 Å². The molecule has 0 N–H and O–H groups in total. The Kier molecular flexibility index (Phi) is 3.16. The maximum Gasteiger partial charge on any atom is 0.229 e. The molecule has 3 heteroatoms. The predicted octanol–water partition coefficient (Wildman–Crippen LogP) is 3.96. The highest BCUT2D eigenvalue weighted by Crippen LogP contribution is 2.34. The Morgan fingerprint density at radius 2 is 1.94 bits per heavy atom. The molecule has 1 heterocycles. The molecule has 0 saturated carbocycles. The third-order valence-corrected chi connectivity index (χ3v) is 2.92. The second kappa shape index (κ2) is 4.48. The summed E-state index contributed by atoms with van der Waals surface area (Å²) in [7, 11) is 1.66. The second-order valence-corrected chi connectivity index (χ2v) is 5.44. The van der Waals surface area contributed by atoms with Crippen LogP contribution in [0.15, 0.2) is 28.8 Å². The number of benzene rings is 1. The molecule has 2 rings (SSSR count). The van der Waals surface area contributed by atoms with Gasteiger partial charge in [-0.25, -0.2) is 4.98 Å². The lowest BCUT2D eigenvalue weighted by Crippen LogP contribution is -2.11. The van der Waals surface area contributed by atoms with Crippen molar-refractivity contribution >= 4 is 0 Å². The first-order valence-corrected chi connectivity index (χ1v) is 6.03. The van der Waals surface area contributed by atoms with Gasteiger partial charge in [0.15, 0.2) is 0 Å². The molecule has 0 amide bonds. The molecule has 2 aromatic rings. The van der Waals surface area contributed by atoms with Gasteiger partial charge < -0.3 is 9.15 Å². The van der Waals surface area contributed by atoms with Crippen LogP contribution < -0.4 is 4.74 Å². The Balaban J connectivity index is 2.56. The summed E-state index contributed by atoms with van der Waals surface area (Å²) in [5, 5.41) is 0. The minimum Gasteiger partial charge on any atom is -0.496 e. The largest absolute Gasteiger partial charge is 0.496 e. The van der Waals surface area contributed by atoms with Crippen LogP contribution in [0.25, 0.3) is 11.5 Å². The average molecular weight is 245 g/mol. The normalized spacial score (nSPS) is 11.6. The molecule has 0 atom stereocenters. The van der Waals surface area contributed by atoms with Crippen LogP contribution in [0, 0.1) is 6.92 Å². The standard InChI is InChI=1S/C15H19NO2/c1-10-9-16-14(18-10)12-8-11(15(2,3)4)6-7-13(12)17-5/h6-9H,1-5H3. The van der Waals surface area contributed by atoms with Gasteiger partial charge >= 0.3 is 0 Å². The molecule has 18 heavy (non-hydrogen) atoms. The number of hydrogen-bond donors (Lipinski definition) is 0. The molecular weight excluding hydrogens is 226 g/mol. The van der Waals surface area contributed by atoms with Gasteiger partial charge in [-0.15, -0.1) is 0 Å². The van der Waals surface area contributed by atoms with Crippen molar-refractivity contribution in [2.45, 2.75) is 33.1 Å². The van der Waals surface area contributed by atoms with Gasteiger partial charge in [0.05, 0.1) is 18.9 Å². The van der Waals surface area contributed by atoms with Crippen LogP contribution in [0.4, 0.5) is 0 Å². The topological polar surface area (TPSA) is 35.3 Å². The summed E-state index contributed by atoms with van der Waals surface area (Å²) in [6.07, 6.45) is 1.72. The molecule has 96 valence electrons. The van der Waals surface area contributed by atoms with E-state index < -0.39 is 0 Å². The van der Waals surface area contributed by atoms with Gasteiger partial charge in [-0.2, -0.15) is 0 Å². The quantitative estimate of drug-likeness (QED) is 0.803. The van der Waals surface area contributed by atoms with Crippen LogP contribution in [0.3, 0.4) is 0 Å². The fourth-order valence-electron chi connectivity index (χ4n) is 1.82. The summed E-state index contributed by atoms with van der Waals surface area (Å²) in [4.78, 5) is 4.27. The van der Waals surface area contributed by atoms with Crippen LogP contribution >= 0.6 is 0 Å². The highest BCUT2D eigenvalue weighted by Gasteiger charge is 2.18. The first-order valence-electron chi connectivity index (χ1n) is 6.03. The highest BCUT2D eigenvalue weighted by atomic mass is 16.5. The van der Waals surface area contributed by atoms with Gasteiger partial charge in [-0.3, -0.25) is 0 Å². The van der Waals surface area contributed by atoms with Gasteiger partial charge in [-0.1, -0.05) is 26.8 Å². The van der Waals surface area contributed by atoms with Gasteiger partial charge in [0.1, 0.15) is 11.5 Å². The number of nitrogens with zero attached hydrogens (tertiary/aromatic N) is 1. The first-order chi connectivity index (χ1) is 8.41. The zero-order valence-corrected chi connectivity index (χ0v) is 11.6. The molecule has 0 aliphatic rings. The van der Waals surface area contributed by atoms with E-state index in [2.05, 4.69) is 37.9 Å². The molecule has 1 aromatic heterocycles. The number of aryl methyl sites for hydroxylation is 1. The lowest BCUT2D eigenvalue weighted by molar-refractivity contribution is 0.413. The number of ether oxygens (including phenoxy) is 1. The van der Waals surface area contributed by atoms with Gasteiger partial charge in [-0.05, 0) is 30.0 Å². The summed E-state index contributed by atoms with van der Waals surface area (Å²) in [5.74, 6) is 2.19. The van der Waals surface area contributed by atoms with E-state index in [1.54, 1.807) is 13.3 Å². The zero-order valence-electron chi connectivity index (χ0n) is 11.6. The number of rotatable bonds is 2. The number of methoxy groups -OCH3 is 1. The van der Waals surface area contributed by atoms with Crippen molar-refractivity contribution in [2.24, 2.45) is 0 Å². The van der Waals surface area contributed by atoms with E-state index in [-0.39, 0.29) is 5.41 Å². The molecule has 0 saturated heterocycles. The Morgan fingerprint density at radius 3 is 2.44 bits per heavy atom. The fraction of sp³-hybridized carbons (Fsp3) is 0.400. The maximum absolute atomic E-state index is 5.59. The number of aromatic nitrogens is 1. The molecule has 0 spiro atoms. The summed E-state index contributed by atoms with van der Waals surface area (Å²) in [5.41, 5.74) is 2.22. The number of hydrogen-bond acceptors (Lipinski definition) is 3. The van der Waals surface area contributed by atoms with E-state index in [0.29, 0.717) is 5.89 Å². The molecule has 0 bridgehead atoms. The van der Waals surface area contributed by atoms with E-state index in [1.165, 1.54) is 5.56 Å². The Labute approximate surface area is 108 Å². The van der Waals surface area contributed by atoms with Crippen LogP contribution in [0.2, 0.25) is 0 Å². The van der Waals surface area contributed by atoms with E-state index in [4.69, 9.17) is 9.15 Å². The maximum atomic E-state index is 5.59. The van der Waals surface area contributed by atoms with Crippen molar-refractivity contribution in [3.63, 3.8) is 0 Å². The van der Waals surface area contributed by atoms with Crippen molar-refractivity contribution in [1.29, 1.82) is 0 Å². The van der Waals surface area contributed by atoms with Crippen LogP contribution in [0.5, 0.6) is 5.75 Å². The minimum absolute atomic E-state index is 0.0860. The van der Waals surface area contributed by atoms with Gasteiger partial charge in [0.2, 0.25) is 5.89 Å². The van der Waals surface area contributed by atoms with Gasteiger partial charge in [0, 0.05) is 0 Å². The first kappa shape index (κ1) is 12.7. The lowest BCUT2D eigenvalue weighted by atomic mass is 9.86. The Bertz CT molecular complexity index is 550. The average Bonchev–Trinajstić information content (AvgIpc) is 2.73. The van der Waals surface area contributed by atoms with E-state index in [1.807, 2.05) is 13.0 Å². The van der Waals surface area contributed by atoms with E-state index in [0.717, 1.165) is 17.1 Å². The minimum atomic E-state index is 0.0860. The summed E-state index contributed by atoms with van der Waals surface area (Å²) >= 11 is 0. The summed E-state index contributed by atoms with van der Waals surface area (Å²) in [6.45, 7) is 8.43. The van der Waals surface area contributed by atoms with Crippen molar-refractivity contribution in [3.05, 3.63) is 35.7 Å². The van der Waals surface area contributed by atoms with E-state index >= 15 is 0 Å². The third kappa shape index (κ3) is 2.40. The third-order valence-electron chi connectivity index (χ3n) is 2.92. The van der Waals surface area contributed by atoms with Crippen molar-refractivity contribution < 1.29 is 9.15 Å². The molecule has 0 fully saturated rings. The molecule has 0 unspecified atom stereocenters. The lowest BCUT2D eigenvalue weighted by Gasteiger charge is -2.20. The molecule has 3 nitrogen and oxygen atoms in total. The van der Waals surface area contributed by atoms with Crippen molar-refractivity contribution in [1.82, 2.24) is 4.98 Å². The molecular formula is C15H19NO2. The van der Waals surface area contributed by atoms with Crippen LogP contribution in [-0.4, -0.2) is 12.1 Å². The van der Waals surface area contributed by atoms with E-state index in [9.17, 15) is 0 Å². The molecule has 0 aliphatic heterocycles. The zero-order chi connectivity index (χ0) is 13.3. The summed E-state index contributed by atoms with van der Waals surface area (Å²) < 4.78 is 11.0. The summed E-state index contributed by atoms with van der Waals surface area (Å²) in [6, 6.07) is 6.14. The van der Waals surface area contributed by atoms with Crippen molar-refractivity contribution in [2.75, 3.05) is 7.11 Å². The smallest absolute Gasteiger partial charge is 0.229 e. The fourth-order valence-corrected chi connectivity index (χ4v) is 1.82. The SMILES string of the molecule is COc1ccc(C(C)(C)C)cc1-c1ncc(C)o1. The predicted molar refractivity (Wildman–Crippen MR) is 71.9 cm³/mol. The van der Waals surface area contributed by atoms with Crippen LogP contribution in [0.1, 0.15) is 32.1 Å². The number of oxazole rings is 1. The molecule has 0 aliphatic carbocycles. The highest BCUT2D eigenvalue weighted by molar-refractivity contribution is 5.64. The van der Waals surface area contributed by atoms with Gasteiger partial charge in [0.25, 0.3) is 0 Å².